The number of carbonyl (C=O) groups excluding carboxylic acids is 3. The fraction of sp³-hybridized carbons (Fsp3) is 0.409. The number of morpholine rings is 1. The van der Waals surface area contributed by atoms with E-state index < -0.39 is 41.4 Å². The Morgan fingerprint density at radius 2 is 1.94 bits per heavy atom. The third-order valence-electron chi connectivity index (χ3n) is 4.83. The van der Waals surface area contributed by atoms with Gasteiger partial charge in [-0.15, -0.1) is 0 Å². The fourth-order valence-corrected chi connectivity index (χ4v) is 3.08. The molecular weight excluding hydrogens is 434 g/mol. The van der Waals surface area contributed by atoms with Crippen LogP contribution in [0.2, 0.25) is 0 Å². The largest absolute Gasteiger partial charge is 0.491 e. The molecule has 33 heavy (non-hydrogen) atoms. The molecule has 3 rings (SSSR count). The number of benzene rings is 1. The van der Waals surface area contributed by atoms with Gasteiger partial charge >= 0.3 is 18.0 Å². The monoisotopic (exact) mass is 459 g/mol. The van der Waals surface area contributed by atoms with Crippen LogP contribution in [0.5, 0.6) is 11.6 Å². The zero-order chi connectivity index (χ0) is 23.8. The van der Waals surface area contributed by atoms with E-state index in [2.05, 4.69) is 9.97 Å². The maximum Gasteiger partial charge on any atom is 0.410 e. The van der Waals surface area contributed by atoms with Crippen molar-refractivity contribution in [2.75, 3.05) is 33.5 Å². The summed E-state index contributed by atoms with van der Waals surface area (Å²) in [7, 11) is 1.12. The van der Waals surface area contributed by atoms with Crippen LogP contribution in [0.4, 0.5) is 4.79 Å². The van der Waals surface area contributed by atoms with Gasteiger partial charge < -0.3 is 24.1 Å². The van der Waals surface area contributed by atoms with Crippen molar-refractivity contribution in [2.24, 2.45) is 0 Å². The molecule has 1 aromatic heterocycles. The zero-order valence-electron chi connectivity index (χ0n) is 18.4. The lowest BCUT2D eigenvalue weighted by Crippen LogP contribution is -2.44. The molecule has 0 radical (unpaired) electrons. The minimum atomic E-state index is -0.960. The number of unbranched alkanes of at least 4 members (excludes halogenated alkanes) is 1. The summed E-state index contributed by atoms with van der Waals surface area (Å²) in [5.74, 6) is -3.17. The van der Waals surface area contributed by atoms with Crippen LogP contribution in [0, 0.1) is 0 Å². The van der Waals surface area contributed by atoms with E-state index in [0.717, 1.165) is 13.5 Å². The first kappa shape index (κ1) is 23.9. The van der Waals surface area contributed by atoms with Gasteiger partial charge in [0.2, 0.25) is 5.75 Å². The highest BCUT2D eigenvalue weighted by Crippen LogP contribution is 2.32. The molecule has 0 aliphatic carbocycles. The molecule has 2 heterocycles. The SMILES string of the molecule is CCCCOC(=O)N1CCOCC1c1nc(O)c(OC(=O)c2ccccc2)c(C(=O)OC)n1. The maximum atomic E-state index is 12.6. The number of rotatable bonds is 7. The Balaban J connectivity index is 1.92. The number of ether oxygens (including phenoxy) is 4. The van der Waals surface area contributed by atoms with Gasteiger partial charge in [0, 0.05) is 6.54 Å². The molecule has 1 fully saturated rings. The Morgan fingerprint density at radius 3 is 2.64 bits per heavy atom. The van der Waals surface area contributed by atoms with Gasteiger partial charge in [0.1, 0.15) is 6.04 Å². The minimum Gasteiger partial charge on any atom is -0.491 e. The standard InChI is InChI=1S/C22H25N3O8/c1-3-4-11-32-22(29)25-10-12-31-13-15(25)18-23-16(21(28)30-2)17(19(26)24-18)33-20(27)14-8-6-5-7-9-14/h5-9,15H,3-4,10-13H2,1-2H3,(H,23,24,26). The van der Waals surface area contributed by atoms with Crippen molar-refractivity contribution >= 4 is 18.0 Å². The second-order valence-electron chi connectivity index (χ2n) is 7.08. The van der Waals surface area contributed by atoms with Crippen molar-refractivity contribution < 1.29 is 38.4 Å². The predicted molar refractivity (Wildman–Crippen MR) is 113 cm³/mol. The molecule has 2 aromatic rings. The highest BCUT2D eigenvalue weighted by molar-refractivity contribution is 5.95. The first-order chi connectivity index (χ1) is 16.0. The van der Waals surface area contributed by atoms with Gasteiger partial charge in [-0.3, -0.25) is 4.90 Å². The van der Waals surface area contributed by atoms with Gasteiger partial charge in [-0.1, -0.05) is 31.5 Å². The van der Waals surface area contributed by atoms with E-state index in [4.69, 9.17) is 18.9 Å². The van der Waals surface area contributed by atoms with E-state index in [1.54, 1.807) is 18.2 Å². The van der Waals surface area contributed by atoms with Gasteiger partial charge in [-0.05, 0) is 18.6 Å². The summed E-state index contributed by atoms with van der Waals surface area (Å²) in [6, 6.07) is 7.17. The molecule has 1 aliphatic rings. The van der Waals surface area contributed by atoms with Crippen LogP contribution in [0.1, 0.15) is 52.5 Å². The fourth-order valence-electron chi connectivity index (χ4n) is 3.08. The Kier molecular flexibility index (Phi) is 8.14. The second-order valence-corrected chi connectivity index (χ2v) is 7.08. The Morgan fingerprint density at radius 1 is 1.18 bits per heavy atom. The molecule has 1 atom stereocenters. The van der Waals surface area contributed by atoms with Crippen molar-refractivity contribution in [1.29, 1.82) is 0 Å². The highest BCUT2D eigenvalue weighted by Gasteiger charge is 2.35. The van der Waals surface area contributed by atoms with Gasteiger partial charge in [0.05, 0.1) is 32.5 Å². The number of methoxy groups -OCH3 is 1. The predicted octanol–water partition coefficient (Wildman–Crippen LogP) is 2.50. The van der Waals surface area contributed by atoms with Crippen LogP contribution in [-0.2, 0) is 14.2 Å². The third-order valence-corrected chi connectivity index (χ3v) is 4.83. The molecule has 1 aliphatic heterocycles. The van der Waals surface area contributed by atoms with Crippen LogP contribution in [0.15, 0.2) is 30.3 Å². The van der Waals surface area contributed by atoms with Crippen molar-refractivity contribution in [3.05, 3.63) is 47.4 Å². The highest BCUT2D eigenvalue weighted by atomic mass is 16.6. The summed E-state index contributed by atoms with van der Waals surface area (Å²) in [6.45, 7) is 2.74. The van der Waals surface area contributed by atoms with E-state index >= 15 is 0 Å². The molecular formula is C22H25N3O8. The molecule has 1 unspecified atom stereocenters. The van der Waals surface area contributed by atoms with E-state index in [1.807, 2.05) is 6.92 Å². The van der Waals surface area contributed by atoms with Gasteiger partial charge in [-0.2, -0.15) is 4.98 Å². The van der Waals surface area contributed by atoms with Crippen molar-refractivity contribution in [2.45, 2.75) is 25.8 Å². The molecule has 176 valence electrons. The van der Waals surface area contributed by atoms with Crippen LogP contribution in [0.3, 0.4) is 0 Å². The number of esters is 2. The molecule has 0 bridgehead atoms. The summed E-state index contributed by atoms with van der Waals surface area (Å²) < 4.78 is 20.7. The molecule has 0 saturated carbocycles. The lowest BCUT2D eigenvalue weighted by molar-refractivity contribution is -0.0130. The van der Waals surface area contributed by atoms with Gasteiger partial charge in [0.25, 0.3) is 5.88 Å². The summed E-state index contributed by atoms with van der Waals surface area (Å²) in [5, 5.41) is 10.5. The van der Waals surface area contributed by atoms with Crippen LogP contribution >= 0.6 is 0 Å². The lowest BCUT2D eigenvalue weighted by Gasteiger charge is -2.33. The van der Waals surface area contributed by atoms with Crippen LogP contribution < -0.4 is 4.74 Å². The smallest absolute Gasteiger partial charge is 0.410 e. The summed E-state index contributed by atoms with van der Waals surface area (Å²) in [4.78, 5) is 46.9. The van der Waals surface area contributed by atoms with E-state index in [-0.39, 0.29) is 37.8 Å². The number of hydrogen-bond acceptors (Lipinski definition) is 10. The van der Waals surface area contributed by atoms with E-state index in [1.165, 1.54) is 17.0 Å². The number of amides is 1. The number of aromatic hydroxyl groups is 1. The molecule has 1 saturated heterocycles. The molecule has 11 nitrogen and oxygen atoms in total. The summed E-state index contributed by atoms with van der Waals surface area (Å²) in [5.41, 5.74) is -0.271. The Bertz CT molecular complexity index is 999. The zero-order valence-corrected chi connectivity index (χ0v) is 18.4. The van der Waals surface area contributed by atoms with E-state index in [9.17, 15) is 19.5 Å². The normalized spacial score (nSPS) is 15.6. The van der Waals surface area contributed by atoms with Crippen molar-refractivity contribution in [3.63, 3.8) is 0 Å². The third kappa shape index (κ3) is 5.75. The lowest BCUT2D eigenvalue weighted by atomic mass is 10.2. The molecule has 1 aromatic carbocycles. The first-order valence-corrected chi connectivity index (χ1v) is 10.4. The number of hydrogen-bond donors (Lipinski definition) is 1. The Labute approximate surface area is 190 Å². The van der Waals surface area contributed by atoms with Gasteiger partial charge in [0.15, 0.2) is 11.5 Å². The Hall–Kier alpha value is -3.73. The van der Waals surface area contributed by atoms with Crippen LogP contribution in [-0.4, -0.2) is 71.5 Å². The molecule has 1 amide bonds. The minimum absolute atomic E-state index is 0.0199. The first-order valence-electron chi connectivity index (χ1n) is 10.4. The summed E-state index contributed by atoms with van der Waals surface area (Å²) in [6.07, 6.45) is 0.994. The number of carbonyl (C=O) groups is 3. The molecule has 11 heteroatoms. The summed E-state index contributed by atoms with van der Waals surface area (Å²) >= 11 is 0. The average molecular weight is 459 g/mol. The van der Waals surface area contributed by atoms with Gasteiger partial charge in [-0.25, -0.2) is 19.4 Å². The topological polar surface area (TPSA) is 137 Å². The molecule has 1 N–H and O–H groups in total. The van der Waals surface area contributed by atoms with Crippen molar-refractivity contribution in [1.82, 2.24) is 14.9 Å². The number of nitrogens with zero attached hydrogens (tertiary/aromatic N) is 3. The van der Waals surface area contributed by atoms with Crippen LogP contribution in [0.25, 0.3) is 0 Å². The molecule has 0 spiro atoms. The quantitative estimate of drug-likeness (QED) is 0.485. The maximum absolute atomic E-state index is 12.6. The second kappa shape index (κ2) is 11.2. The van der Waals surface area contributed by atoms with Crippen molar-refractivity contribution in [3.8, 4) is 11.6 Å². The number of aromatic nitrogens is 2. The van der Waals surface area contributed by atoms with E-state index in [0.29, 0.717) is 6.42 Å². The average Bonchev–Trinajstić information content (AvgIpc) is 2.85.